The fourth-order valence-corrected chi connectivity index (χ4v) is 5.28. The van der Waals surface area contributed by atoms with Crippen LogP contribution in [0.1, 0.15) is 32.1 Å². The van der Waals surface area contributed by atoms with Crippen LogP contribution in [0.15, 0.2) is 24.3 Å². The number of fused-ring (bicyclic) bond motifs is 1. The molecule has 1 amide bonds. The number of piperidine rings is 1. The van der Waals surface area contributed by atoms with Gasteiger partial charge in [-0.15, -0.1) is 0 Å². The molecule has 0 aromatic heterocycles. The first-order valence-corrected chi connectivity index (χ1v) is 10.7. The maximum Gasteiger partial charge on any atom is 0.277 e. The standard InChI is InChI=1S/C22H33N3O2/c1-27-21-9-5-4-8-20(21)24-14-12-23(13-15-24)17-22(26)25-11-10-18-6-2-3-7-19(18)16-25/h4-5,8-9,18-19H,2-3,6-7,10-17H2,1H3/p+1/t18-,19-/m0/s1. The molecule has 2 heterocycles. The zero-order valence-corrected chi connectivity index (χ0v) is 16.7. The van der Waals surface area contributed by atoms with Crippen LogP contribution >= 0.6 is 0 Å². The number of likely N-dealkylation sites (tertiary alicyclic amines) is 1. The van der Waals surface area contributed by atoms with Crippen LogP contribution in [-0.4, -0.2) is 63.7 Å². The molecule has 0 unspecified atom stereocenters. The summed E-state index contributed by atoms with van der Waals surface area (Å²) in [5.41, 5.74) is 1.17. The van der Waals surface area contributed by atoms with Gasteiger partial charge in [0.15, 0.2) is 6.54 Å². The molecule has 1 aromatic carbocycles. The minimum absolute atomic E-state index is 0.375. The summed E-state index contributed by atoms with van der Waals surface area (Å²) in [7, 11) is 1.73. The van der Waals surface area contributed by atoms with E-state index in [1.165, 1.54) is 42.7 Å². The Balaban J connectivity index is 1.27. The van der Waals surface area contributed by atoms with E-state index in [-0.39, 0.29) is 0 Å². The molecule has 1 N–H and O–H groups in total. The van der Waals surface area contributed by atoms with Crippen LogP contribution < -0.4 is 14.5 Å². The van der Waals surface area contributed by atoms with E-state index in [4.69, 9.17) is 4.74 Å². The van der Waals surface area contributed by atoms with E-state index >= 15 is 0 Å². The summed E-state index contributed by atoms with van der Waals surface area (Å²) in [6.07, 6.45) is 6.71. The first-order chi connectivity index (χ1) is 13.2. The van der Waals surface area contributed by atoms with Gasteiger partial charge in [0, 0.05) is 13.1 Å². The number of piperazine rings is 1. The number of carbonyl (C=O) groups is 1. The molecule has 2 aliphatic heterocycles. The lowest BCUT2D eigenvalue weighted by molar-refractivity contribution is -0.892. The number of anilines is 1. The SMILES string of the molecule is COc1ccccc1N1CC[NH+](CC(=O)N2CC[C@@H]3CCCC[C@H]3C2)CC1. The van der Waals surface area contributed by atoms with Gasteiger partial charge in [-0.1, -0.05) is 31.4 Å². The van der Waals surface area contributed by atoms with Crippen LogP contribution in [0, 0.1) is 11.8 Å². The van der Waals surface area contributed by atoms with Crippen molar-refractivity contribution in [3.8, 4) is 5.75 Å². The van der Waals surface area contributed by atoms with Crippen LogP contribution in [0.2, 0.25) is 0 Å². The van der Waals surface area contributed by atoms with Crippen LogP contribution in [0.3, 0.4) is 0 Å². The van der Waals surface area contributed by atoms with Gasteiger partial charge in [-0.2, -0.15) is 0 Å². The summed E-state index contributed by atoms with van der Waals surface area (Å²) in [5, 5.41) is 0. The van der Waals surface area contributed by atoms with Gasteiger partial charge < -0.3 is 19.4 Å². The Bertz CT molecular complexity index is 642. The molecule has 1 aromatic rings. The lowest BCUT2D eigenvalue weighted by atomic mass is 9.75. The second-order valence-corrected chi connectivity index (χ2v) is 8.52. The number of para-hydroxylation sites is 2. The third-order valence-corrected chi connectivity index (χ3v) is 6.94. The minimum atomic E-state index is 0.375. The Morgan fingerprint density at radius 1 is 1.07 bits per heavy atom. The highest BCUT2D eigenvalue weighted by atomic mass is 16.5. The molecule has 1 saturated carbocycles. The van der Waals surface area contributed by atoms with Gasteiger partial charge in [0.1, 0.15) is 5.75 Å². The molecule has 2 atom stereocenters. The molecule has 5 nitrogen and oxygen atoms in total. The van der Waals surface area contributed by atoms with E-state index in [0.717, 1.165) is 56.9 Å². The Kier molecular flexibility index (Phi) is 5.86. The lowest BCUT2D eigenvalue weighted by Crippen LogP contribution is -3.16. The predicted molar refractivity (Wildman–Crippen MR) is 107 cm³/mol. The molecule has 2 saturated heterocycles. The number of carbonyl (C=O) groups excluding carboxylic acids is 1. The first kappa shape index (κ1) is 18.6. The van der Waals surface area contributed by atoms with Crippen LogP contribution in [0.4, 0.5) is 5.69 Å². The number of ether oxygens (including phenoxy) is 1. The van der Waals surface area contributed by atoms with E-state index in [9.17, 15) is 4.79 Å². The van der Waals surface area contributed by atoms with Gasteiger partial charge in [0.05, 0.1) is 39.0 Å². The van der Waals surface area contributed by atoms with Gasteiger partial charge in [0.2, 0.25) is 0 Å². The molecular weight excluding hydrogens is 338 g/mol. The van der Waals surface area contributed by atoms with Crippen molar-refractivity contribution in [2.24, 2.45) is 11.8 Å². The molecular formula is C22H34N3O2+. The molecule has 0 spiro atoms. The molecule has 1 aliphatic carbocycles. The fraction of sp³-hybridized carbons (Fsp3) is 0.682. The number of benzene rings is 1. The van der Waals surface area contributed by atoms with Crippen molar-refractivity contribution in [2.45, 2.75) is 32.1 Å². The summed E-state index contributed by atoms with van der Waals surface area (Å²) >= 11 is 0. The molecule has 5 heteroatoms. The maximum atomic E-state index is 12.9. The average Bonchev–Trinajstić information content (AvgIpc) is 2.74. The largest absolute Gasteiger partial charge is 0.495 e. The summed E-state index contributed by atoms with van der Waals surface area (Å²) in [5.74, 6) is 2.97. The number of amides is 1. The number of hydrogen-bond donors (Lipinski definition) is 1. The number of rotatable bonds is 4. The lowest BCUT2D eigenvalue weighted by Gasteiger charge is -2.41. The number of nitrogens with zero attached hydrogens (tertiary/aromatic N) is 2. The normalized spacial score (nSPS) is 26.6. The highest BCUT2D eigenvalue weighted by molar-refractivity contribution is 5.77. The Morgan fingerprint density at radius 3 is 2.59 bits per heavy atom. The van der Waals surface area contributed by atoms with Gasteiger partial charge in [-0.05, 0) is 36.8 Å². The molecule has 0 radical (unpaired) electrons. The van der Waals surface area contributed by atoms with Crippen LogP contribution in [0.25, 0.3) is 0 Å². The summed E-state index contributed by atoms with van der Waals surface area (Å²) in [4.78, 5) is 18.9. The Hall–Kier alpha value is -1.75. The van der Waals surface area contributed by atoms with Crippen molar-refractivity contribution in [3.63, 3.8) is 0 Å². The summed E-state index contributed by atoms with van der Waals surface area (Å²) in [6, 6.07) is 8.23. The highest BCUT2D eigenvalue weighted by Crippen LogP contribution is 2.36. The van der Waals surface area contributed by atoms with Gasteiger partial charge in [-0.3, -0.25) is 4.79 Å². The monoisotopic (exact) mass is 372 g/mol. The predicted octanol–water partition coefficient (Wildman–Crippen LogP) is 1.44. The second-order valence-electron chi connectivity index (χ2n) is 8.52. The number of nitrogens with one attached hydrogen (secondary N) is 1. The quantitative estimate of drug-likeness (QED) is 0.869. The van der Waals surface area contributed by atoms with E-state index in [2.05, 4.69) is 21.9 Å². The van der Waals surface area contributed by atoms with E-state index < -0.39 is 0 Å². The van der Waals surface area contributed by atoms with Crippen molar-refractivity contribution < 1.29 is 14.4 Å². The van der Waals surface area contributed by atoms with Crippen molar-refractivity contribution in [1.29, 1.82) is 0 Å². The van der Waals surface area contributed by atoms with Gasteiger partial charge >= 0.3 is 0 Å². The molecule has 3 aliphatic rings. The smallest absolute Gasteiger partial charge is 0.277 e. The molecule has 148 valence electrons. The molecule has 27 heavy (non-hydrogen) atoms. The Morgan fingerprint density at radius 2 is 1.81 bits per heavy atom. The Labute approximate surface area is 163 Å². The van der Waals surface area contributed by atoms with Crippen LogP contribution in [-0.2, 0) is 4.79 Å². The molecule has 4 rings (SSSR count). The van der Waals surface area contributed by atoms with Crippen molar-refractivity contribution >= 4 is 11.6 Å². The van der Waals surface area contributed by atoms with Crippen molar-refractivity contribution in [2.75, 3.05) is 57.8 Å². The second kappa shape index (κ2) is 8.51. The number of quaternary nitrogens is 1. The third kappa shape index (κ3) is 4.23. The fourth-order valence-electron chi connectivity index (χ4n) is 5.28. The molecule has 0 bridgehead atoms. The highest BCUT2D eigenvalue weighted by Gasteiger charge is 2.34. The number of methoxy groups -OCH3 is 1. The van der Waals surface area contributed by atoms with Gasteiger partial charge in [-0.25, -0.2) is 0 Å². The first-order valence-electron chi connectivity index (χ1n) is 10.7. The maximum absolute atomic E-state index is 12.9. The van der Waals surface area contributed by atoms with Crippen molar-refractivity contribution in [1.82, 2.24) is 4.90 Å². The van der Waals surface area contributed by atoms with Crippen molar-refractivity contribution in [3.05, 3.63) is 24.3 Å². The van der Waals surface area contributed by atoms with E-state index in [0.29, 0.717) is 12.5 Å². The zero-order chi connectivity index (χ0) is 18.6. The number of hydrogen-bond acceptors (Lipinski definition) is 3. The van der Waals surface area contributed by atoms with Gasteiger partial charge in [0.25, 0.3) is 5.91 Å². The molecule has 3 fully saturated rings. The summed E-state index contributed by atoms with van der Waals surface area (Å²) < 4.78 is 5.50. The zero-order valence-electron chi connectivity index (χ0n) is 16.7. The average molecular weight is 373 g/mol. The minimum Gasteiger partial charge on any atom is -0.495 e. The van der Waals surface area contributed by atoms with Crippen LogP contribution in [0.5, 0.6) is 5.75 Å². The summed E-state index contributed by atoms with van der Waals surface area (Å²) in [6.45, 7) is 6.66. The topological polar surface area (TPSA) is 37.2 Å². The third-order valence-electron chi connectivity index (χ3n) is 6.94. The van der Waals surface area contributed by atoms with E-state index in [1.807, 2.05) is 12.1 Å². The van der Waals surface area contributed by atoms with E-state index in [1.54, 1.807) is 7.11 Å².